The van der Waals surface area contributed by atoms with Crippen LogP contribution in [-0.4, -0.2) is 35.4 Å². The molecule has 1 saturated carbocycles. The molecule has 0 aromatic heterocycles. The molecule has 2 rings (SSSR count). The van der Waals surface area contributed by atoms with Crippen molar-refractivity contribution < 1.29 is 24.5 Å². The van der Waals surface area contributed by atoms with E-state index in [-0.39, 0.29) is 5.91 Å². The third-order valence-electron chi connectivity index (χ3n) is 4.92. The highest BCUT2D eigenvalue weighted by atomic mass is 35.5. The Kier molecular flexibility index (Phi) is 8.89. The van der Waals surface area contributed by atoms with Crippen molar-refractivity contribution in [1.29, 1.82) is 0 Å². The van der Waals surface area contributed by atoms with E-state index in [1.54, 1.807) is 19.2 Å². The van der Waals surface area contributed by atoms with Gasteiger partial charge in [0.15, 0.2) is 0 Å². The first-order valence-electron chi connectivity index (χ1n) is 9.06. The number of halogens is 1. The fourth-order valence-electron chi connectivity index (χ4n) is 3.42. The Morgan fingerprint density at radius 1 is 1.19 bits per heavy atom. The van der Waals surface area contributed by atoms with E-state index < -0.39 is 6.16 Å². The molecule has 0 aliphatic heterocycles. The Morgan fingerprint density at radius 2 is 1.74 bits per heavy atom. The van der Waals surface area contributed by atoms with E-state index in [0.717, 1.165) is 24.3 Å². The van der Waals surface area contributed by atoms with E-state index in [1.807, 2.05) is 6.07 Å². The van der Waals surface area contributed by atoms with Crippen molar-refractivity contribution in [2.45, 2.75) is 58.9 Å². The molecule has 1 aliphatic rings. The minimum Gasteiger partial charge on any atom is -0.496 e. The molecule has 7 heteroatoms. The normalized spacial score (nSPS) is 19.4. The van der Waals surface area contributed by atoms with Crippen LogP contribution in [0.15, 0.2) is 18.2 Å². The van der Waals surface area contributed by atoms with E-state index >= 15 is 0 Å². The van der Waals surface area contributed by atoms with Gasteiger partial charge in [-0.2, -0.15) is 0 Å². The Labute approximate surface area is 165 Å². The highest BCUT2D eigenvalue weighted by Crippen LogP contribution is 2.37. The van der Waals surface area contributed by atoms with Crippen molar-refractivity contribution in [2.75, 3.05) is 7.11 Å². The number of hydrogen-bond donors (Lipinski definition) is 3. The Morgan fingerprint density at radius 3 is 2.22 bits per heavy atom. The van der Waals surface area contributed by atoms with Gasteiger partial charge in [-0.1, -0.05) is 38.4 Å². The first kappa shape index (κ1) is 23.1. The topological polar surface area (TPSA) is 95.9 Å². The smallest absolute Gasteiger partial charge is 0.496 e. The van der Waals surface area contributed by atoms with Gasteiger partial charge in [-0.15, -0.1) is 0 Å². The van der Waals surface area contributed by atoms with E-state index in [2.05, 4.69) is 26.1 Å². The molecule has 0 bridgehead atoms. The fraction of sp³-hybridized carbons (Fsp3) is 0.600. The number of nitrogens with one attached hydrogen (secondary N) is 1. The maximum absolute atomic E-state index is 12.3. The molecule has 1 amide bonds. The zero-order valence-electron chi connectivity index (χ0n) is 16.4. The van der Waals surface area contributed by atoms with E-state index in [9.17, 15) is 4.79 Å². The van der Waals surface area contributed by atoms with Crippen LogP contribution >= 0.6 is 11.6 Å². The number of benzene rings is 1. The lowest BCUT2D eigenvalue weighted by atomic mass is 9.71. The molecule has 1 fully saturated rings. The molecule has 0 radical (unpaired) electrons. The van der Waals surface area contributed by atoms with Crippen molar-refractivity contribution >= 4 is 23.7 Å². The van der Waals surface area contributed by atoms with Crippen molar-refractivity contribution in [2.24, 2.45) is 11.3 Å². The van der Waals surface area contributed by atoms with Crippen molar-refractivity contribution in [3.05, 3.63) is 28.8 Å². The van der Waals surface area contributed by atoms with Crippen LogP contribution in [0, 0.1) is 11.3 Å². The summed E-state index contributed by atoms with van der Waals surface area (Å²) < 4.78 is 5.30. The second-order valence-corrected chi connectivity index (χ2v) is 8.33. The second-order valence-electron chi connectivity index (χ2n) is 7.90. The van der Waals surface area contributed by atoms with Gasteiger partial charge in [0, 0.05) is 16.6 Å². The number of amides is 1. The second kappa shape index (κ2) is 10.4. The molecule has 0 heterocycles. The maximum Gasteiger partial charge on any atom is 0.503 e. The molecule has 1 aromatic rings. The summed E-state index contributed by atoms with van der Waals surface area (Å²) in [6, 6.07) is 5.70. The molecule has 0 spiro atoms. The summed E-state index contributed by atoms with van der Waals surface area (Å²) in [5.41, 5.74) is 1.24. The third-order valence-corrected chi connectivity index (χ3v) is 5.15. The standard InChI is InChI=1S/C19H28ClNO2.CH2O3/c1-19(2,3)14-6-9-16(10-7-14)21-18(22)11-13-5-8-15(20)12-17(13)23-4;2-1(3)4/h5,8,12,14,16H,6-7,9-11H2,1-4H3,(H,21,22);(H2,2,3,4). The van der Waals surface area contributed by atoms with Gasteiger partial charge in [0.1, 0.15) is 5.75 Å². The molecule has 0 unspecified atom stereocenters. The zero-order chi connectivity index (χ0) is 20.6. The van der Waals surface area contributed by atoms with Crippen LogP contribution in [0.1, 0.15) is 52.0 Å². The quantitative estimate of drug-likeness (QED) is 0.673. The van der Waals surface area contributed by atoms with Gasteiger partial charge in [-0.25, -0.2) is 4.79 Å². The van der Waals surface area contributed by atoms with Crippen LogP contribution in [0.25, 0.3) is 0 Å². The van der Waals surface area contributed by atoms with E-state index in [0.29, 0.717) is 28.6 Å². The molecular formula is C20H30ClNO5. The number of methoxy groups -OCH3 is 1. The average Bonchev–Trinajstić information content (AvgIpc) is 2.55. The first-order chi connectivity index (χ1) is 12.5. The van der Waals surface area contributed by atoms with Crippen molar-refractivity contribution in [1.82, 2.24) is 5.32 Å². The number of carboxylic acid groups (broad SMARTS) is 2. The van der Waals surface area contributed by atoms with Crippen LogP contribution < -0.4 is 10.1 Å². The van der Waals surface area contributed by atoms with Crippen molar-refractivity contribution in [3.8, 4) is 5.75 Å². The summed E-state index contributed by atoms with van der Waals surface area (Å²) in [6.07, 6.45) is 3.04. The van der Waals surface area contributed by atoms with Crippen LogP contribution in [-0.2, 0) is 11.2 Å². The number of carbonyl (C=O) groups excluding carboxylic acids is 1. The van der Waals surface area contributed by atoms with Crippen molar-refractivity contribution in [3.63, 3.8) is 0 Å². The SMILES string of the molecule is COc1cc(Cl)ccc1CC(=O)NC1CCC(C(C)(C)C)CC1.O=C(O)O. The molecule has 6 nitrogen and oxygen atoms in total. The summed E-state index contributed by atoms with van der Waals surface area (Å²) in [5, 5.41) is 17.7. The molecule has 27 heavy (non-hydrogen) atoms. The van der Waals surface area contributed by atoms with Crippen LogP contribution in [0.3, 0.4) is 0 Å². The van der Waals surface area contributed by atoms with Gasteiger partial charge in [0.05, 0.1) is 13.5 Å². The van der Waals surface area contributed by atoms with E-state index in [1.165, 1.54) is 12.8 Å². The van der Waals surface area contributed by atoms with Gasteiger partial charge in [0.25, 0.3) is 0 Å². The number of rotatable bonds is 4. The van der Waals surface area contributed by atoms with E-state index in [4.69, 9.17) is 31.3 Å². The minimum absolute atomic E-state index is 0.0600. The van der Waals surface area contributed by atoms with Crippen LogP contribution in [0.2, 0.25) is 5.02 Å². The van der Waals surface area contributed by atoms with Gasteiger partial charge in [-0.05, 0) is 49.1 Å². The number of hydrogen-bond acceptors (Lipinski definition) is 3. The third kappa shape index (κ3) is 8.52. The molecule has 1 aromatic carbocycles. The minimum atomic E-state index is -1.83. The summed E-state index contributed by atoms with van der Waals surface area (Å²) in [6.45, 7) is 6.93. The van der Waals surface area contributed by atoms with Gasteiger partial charge >= 0.3 is 6.16 Å². The fourth-order valence-corrected chi connectivity index (χ4v) is 3.58. The molecule has 0 saturated heterocycles. The summed E-state index contributed by atoms with van der Waals surface area (Å²) in [4.78, 5) is 20.9. The highest BCUT2D eigenvalue weighted by Gasteiger charge is 2.30. The lowest BCUT2D eigenvalue weighted by Crippen LogP contribution is -2.40. The molecule has 0 atom stereocenters. The summed E-state index contributed by atoms with van der Waals surface area (Å²) >= 11 is 5.96. The van der Waals surface area contributed by atoms with Gasteiger partial charge in [-0.3, -0.25) is 4.79 Å². The van der Waals surface area contributed by atoms with Gasteiger partial charge in [0.2, 0.25) is 5.91 Å². The van der Waals surface area contributed by atoms with Crippen LogP contribution in [0.4, 0.5) is 4.79 Å². The lowest BCUT2D eigenvalue weighted by Gasteiger charge is -2.37. The first-order valence-corrected chi connectivity index (χ1v) is 9.44. The molecular weight excluding hydrogens is 370 g/mol. The average molecular weight is 400 g/mol. The van der Waals surface area contributed by atoms with Gasteiger partial charge < -0.3 is 20.3 Å². The predicted octanol–water partition coefficient (Wildman–Crippen LogP) is 4.83. The maximum atomic E-state index is 12.3. The molecule has 3 N–H and O–H groups in total. The Hall–Kier alpha value is -1.95. The highest BCUT2D eigenvalue weighted by molar-refractivity contribution is 6.30. The summed E-state index contributed by atoms with van der Waals surface area (Å²) in [5.74, 6) is 1.49. The Balaban J connectivity index is 0.000000828. The summed E-state index contributed by atoms with van der Waals surface area (Å²) in [7, 11) is 1.60. The monoisotopic (exact) mass is 399 g/mol. The van der Waals surface area contributed by atoms with Crippen LogP contribution in [0.5, 0.6) is 5.75 Å². The predicted molar refractivity (Wildman–Crippen MR) is 106 cm³/mol. The lowest BCUT2D eigenvalue weighted by molar-refractivity contribution is -0.121. The molecule has 1 aliphatic carbocycles. The largest absolute Gasteiger partial charge is 0.503 e. The number of carbonyl (C=O) groups is 2. The zero-order valence-corrected chi connectivity index (χ0v) is 17.2. The Bertz CT molecular complexity index is 630. The molecule has 152 valence electrons. The number of ether oxygens (including phenoxy) is 1.